The van der Waals surface area contributed by atoms with Gasteiger partial charge in [-0.15, -0.1) is 0 Å². The summed E-state index contributed by atoms with van der Waals surface area (Å²) in [5, 5.41) is 4.50. The summed E-state index contributed by atoms with van der Waals surface area (Å²) in [7, 11) is 0. The van der Waals surface area contributed by atoms with Crippen LogP contribution in [-0.4, -0.2) is 42.6 Å². The van der Waals surface area contributed by atoms with Gasteiger partial charge in [0.15, 0.2) is 0 Å². The van der Waals surface area contributed by atoms with Crippen LogP contribution in [0.4, 0.5) is 4.39 Å². The summed E-state index contributed by atoms with van der Waals surface area (Å²) in [6, 6.07) is 9.39. The van der Waals surface area contributed by atoms with Gasteiger partial charge in [0, 0.05) is 13.1 Å². The lowest BCUT2D eigenvalue weighted by molar-refractivity contribution is 0.123. The first kappa shape index (κ1) is 16.2. The van der Waals surface area contributed by atoms with Crippen molar-refractivity contribution in [3.63, 3.8) is 0 Å². The lowest BCUT2D eigenvalue weighted by atomic mass is 9.89. The summed E-state index contributed by atoms with van der Waals surface area (Å²) in [4.78, 5) is 5.20. The Bertz CT molecular complexity index is 632. The van der Waals surface area contributed by atoms with Crippen molar-refractivity contribution >= 4 is 11.3 Å². The molecule has 1 aromatic carbocycles. The second-order valence-electron chi connectivity index (χ2n) is 7.20. The fourth-order valence-corrected chi connectivity index (χ4v) is 4.91. The Labute approximate surface area is 147 Å². The predicted molar refractivity (Wildman–Crippen MR) is 98.1 cm³/mol. The van der Waals surface area contributed by atoms with Gasteiger partial charge in [0.05, 0.1) is 6.67 Å². The average Bonchev–Trinajstić information content (AvgIpc) is 3.28. The molecule has 2 nitrogen and oxygen atoms in total. The van der Waals surface area contributed by atoms with Crippen LogP contribution in [0, 0.1) is 5.82 Å². The van der Waals surface area contributed by atoms with Crippen molar-refractivity contribution in [3.8, 4) is 0 Å². The Balaban J connectivity index is 1.26. The molecule has 1 unspecified atom stereocenters. The van der Waals surface area contributed by atoms with Crippen molar-refractivity contribution in [3.05, 3.63) is 58.0 Å². The highest BCUT2D eigenvalue weighted by Crippen LogP contribution is 2.31. The molecule has 0 aliphatic carbocycles. The quantitative estimate of drug-likeness (QED) is 0.805. The molecule has 0 radical (unpaired) electrons. The van der Waals surface area contributed by atoms with Gasteiger partial charge in [0.2, 0.25) is 0 Å². The minimum absolute atomic E-state index is 0.134. The van der Waals surface area contributed by atoms with Crippen LogP contribution in [0.15, 0.2) is 41.1 Å². The van der Waals surface area contributed by atoms with E-state index in [1.165, 1.54) is 43.5 Å². The number of hydrogen-bond donors (Lipinski definition) is 0. The molecule has 2 aliphatic rings. The summed E-state index contributed by atoms with van der Waals surface area (Å²) < 4.78 is 13.1. The molecule has 2 aliphatic heterocycles. The second-order valence-corrected chi connectivity index (χ2v) is 7.98. The Morgan fingerprint density at radius 2 is 1.58 bits per heavy atom. The molecule has 1 atom stereocenters. The van der Waals surface area contributed by atoms with E-state index in [0.717, 1.165) is 25.7 Å². The molecule has 4 rings (SSSR count). The molecular weight excluding hydrogens is 319 g/mol. The van der Waals surface area contributed by atoms with Crippen LogP contribution < -0.4 is 0 Å². The first-order valence-electron chi connectivity index (χ1n) is 9.00. The van der Waals surface area contributed by atoms with Gasteiger partial charge in [0.25, 0.3) is 0 Å². The zero-order chi connectivity index (χ0) is 16.4. The van der Waals surface area contributed by atoms with Crippen LogP contribution in [-0.2, 0) is 0 Å². The van der Waals surface area contributed by atoms with Crippen LogP contribution >= 0.6 is 11.3 Å². The summed E-state index contributed by atoms with van der Waals surface area (Å²) in [5.41, 5.74) is 2.83. The molecule has 0 N–H and O–H groups in total. The highest BCUT2D eigenvalue weighted by atomic mass is 32.1. The fourth-order valence-electron chi connectivity index (χ4n) is 4.17. The van der Waals surface area contributed by atoms with Gasteiger partial charge in [-0.1, -0.05) is 12.1 Å². The molecule has 0 saturated carbocycles. The van der Waals surface area contributed by atoms with Gasteiger partial charge in [-0.25, -0.2) is 4.39 Å². The number of likely N-dealkylation sites (tertiary alicyclic amines) is 2. The predicted octanol–water partition coefficient (Wildman–Crippen LogP) is 4.51. The molecule has 24 heavy (non-hydrogen) atoms. The van der Waals surface area contributed by atoms with Crippen molar-refractivity contribution < 1.29 is 4.39 Å². The van der Waals surface area contributed by atoms with Crippen molar-refractivity contribution in [1.29, 1.82) is 0 Å². The molecule has 0 spiro atoms. The minimum atomic E-state index is -0.134. The van der Waals surface area contributed by atoms with Gasteiger partial charge < -0.3 is 0 Å². The van der Waals surface area contributed by atoms with Crippen LogP contribution in [0.3, 0.4) is 0 Å². The normalized spacial score (nSPS) is 23.8. The number of thiophene rings is 1. The number of piperidine rings is 1. The average molecular weight is 344 g/mol. The molecule has 2 aromatic rings. The van der Waals surface area contributed by atoms with E-state index in [1.54, 1.807) is 12.1 Å². The maximum Gasteiger partial charge on any atom is 0.123 e. The largest absolute Gasteiger partial charge is 0.290 e. The summed E-state index contributed by atoms with van der Waals surface area (Å²) >= 11 is 1.81. The van der Waals surface area contributed by atoms with Crippen molar-refractivity contribution in [2.24, 2.45) is 0 Å². The van der Waals surface area contributed by atoms with Gasteiger partial charge in [-0.05, 0) is 84.3 Å². The van der Waals surface area contributed by atoms with Crippen molar-refractivity contribution in [2.75, 3.05) is 32.8 Å². The van der Waals surface area contributed by atoms with Gasteiger partial charge in [-0.3, -0.25) is 9.80 Å². The number of nitrogens with zero attached hydrogens (tertiary/aromatic N) is 2. The molecule has 4 heteroatoms. The SMILES string of the molecule is Fc1ccc(C2CCN(CN3CCC(c4ccsc4)C3)CC2)cc1. The molecule has 128 valence electrons. The minimum Gasteiger partial charge on any atom is -0.290 e. The Morgan fingerprint density at radius 1 is 0.875 bits per heavy atom. The lowest BCUT2D eigenvalue weighted by Crippen LogP contribution is -2.41. The number of rotatable bonds is 4. The van der Waals surface area contributed by atoms with Crippen molar-refractivity contribution in [2.45, 2.75) is 31.1 Å². The maximum absolute atomic E-state index is 13.1. The molecule has 0 amide bonds. The summed E-state index contributed by atoms with van der Waals surface area (Å²) in [5.74, 6) is 1.19. The number of hydrogen-bond acceptors (Lipinski definition) is 3. The third-order valence-electron chi connectivity index (χ3n) is 5.62. The third kappa shape index (κ3) is 3.71. The molecule has 2 saturated heterocycles. The van der Waals surface area contributed by atoms with E-state index in [0.29, 0.717) is 5.92 Å². The van der Waals surface area contributed by atoms with Gasteiger partial charge in [0.1, 0.15) is 5.82 Å². The molecule has 2 fully saturated rings. The van der Waals surface area contributed by atoms with Gasteiger partial charge >= 0.3 is 0 Å². The van der Waals surface area contributed by atoms with E-state index in [1.807, 2.05) is 23.5 Å². The first-order valence-corrected chi connectivity index (χ1v) is 9.94. The van der Waals surface area contributed by atoms with Gasteiger partial charge in [-0.2, -0.15) is 11.3 Å². The lowest BCUT2D eigenvalue weighted by Gasteiger charge is -2.34. The second kappa shape index (κ2) is 7.34. The third-order valence-corrected chi connectivity index (χ3v) is 6.32. The van der Waals surface area contributed by atoms with Crippen LogP contribution in [0.25, 0.3) is 0 Å². The van der Waals surface area contributed by atoms with E-state index in [-0.39, 0.29) is 5.82 Å². The fraction of sp³-hybridized carbons (Fsp3) is 0.500. The number of halogens is 1. The molecule has 3 heterocycles. The van der Waals surface area contributed by atoms with Crippen LogP contribution in [0.1, 0.15) is 42.2 Å². The van der Waals surface area contributed by atoms with Crippen LogP contribution in [0.5, 0.6) is 0 Å². The van der Waals surface area contributed by atoms with Crippen LogP contribution in [0.2, 0.25) is 0 Å². The monoisotopic (exact) mass is 344 g/mol. The maximum atomic E-state index is 13.1. The first-order chi connectivity index (χ1) is 11.8. The number of benzene rings is 1. The highest BCUT2D eigenvalue weighted by Gasteiger charge is 2.27. The smallest absolute Gasteiger partial charge is 0.123 e. The van der Waals surface area contributed by atoms with E-state index < -0.39 is 0 Å². The molecule has 1 aromatic heterocycles. The molecule has 0 bridgehead atoms. The van der Waals surface area contributed by atoms with E-state index >= 15 is 0 Å². The Kier molecular flexibility index (Phi) is 4.97. The topological polar surface area (TPSA) is 6.48 Å². The zero-order valence-electron chi connectivity index (χ0n) is 14.0. The summed E-state index contributed by atoms with van der Waals surface area (Å²) in [6.45, 7) is 5.84. The highest BCUT2D eigenvalue weighted by molar-refractivity contribution is 7.07. The standard InChI is InChI=1S/C20H25FN2S/c21-20-3-1-16(2-4-20)17-5-9-22(10-6-17)15-23-11-7-18(13-23)19-8-12-24-14-19/h1-4,8,12,14,17-18H,5-7,9-11,13,15H2. The van der Waals surface area contributed by atoms with Crippen molar-refractivity contribution in [1.82, 2.24) is 9.80 Å². The molecular formula is C20H25FN2S. The summed E-state index contributed by atoms with van der Waals surface area (Å²) in [6.07, 6.45) is 3.67. The Hall–Kier alpha value is -1.23. The van der Waals surface area contributed by atoms with E-state index in [4.69, 9.17) is 0 Å². The van der Waals surface area contributed by atoms with E-state index in [2.05, 4.69) is 26.6 Å². The zero-order valence-corrected chi connectivity index (χ0v) is 14.9. The Morgan fingerprint density at radius 3 is 2.29 bits per heavy atom. The van der Waals surface area contributed by atoms with E-state index in [9.17, 15) is 4.39 Å².